The van der Waals surface area contributed by atoms with Gasteiger partial charge >= 0.3 is 0 Å². The molecule has 0 aromatic heterocycles. The van der Waals surface area contributed by atoms with Crippen molar-refractivity contribution in [2.45, 2.75) is 23.0 Å². The molecule has 1 heterocycles. The monoisotopic (exact) mass is 225 g/mol. The predicted molar refractivity (Wildman–Crippen MR) is 62.8 cm³/mol. The Morgan fingerprint density at radius 1 is 1.27 bits per heavy atom. The summed E-state index contributed by atoms with van der Waals surface area (Å²) in [5.41, 5.74) is 0. The smallest absolute Gasteiger partial charge is 0.136 e. The third-order valence-corrected chi connectivity index (χ3v) is 4.19. The normalized spacial score (nSPS) is 19.3. The summed E-state index contributed by atoms with van der Waals surface area (Å²) in [6.07, 6.45) is 2.32. The molecule has 0 aliphatic carbocycles. The highest BCUT2D eigenvalue weighted by molar-refractivity contribution is 8.00. The third-order valence-electron chi connectivity index (χ3n) is 2.80. The number of hydrogen-bond donors (Lipinski definition) is 0. The zero-order valence-electron chi connectivity index (χ0n) is 8.95. The van der Waals surface area contributed by atoms with Crippen LogP contribution in [0.4, 0.5) is 4.39 Å². The number of rotatable bonds is 2. The van der Waals surface area contributed by atoms with Gasteiger partial charge in [-0.25, -0.2) is 4.39 Å². The highest BCUT2D eigenvalue weighted by atomic mass is 32.2. The molecule has 1 aliphatic rings. The number of likely N-dealkylation sites (tertiary alicyclic amines) is 1. The van der Waals surface area contributed by atoms with Gasteiger partial charge < -0.3 is 4.90 Å². The van der Waals surface area contributed by atoms with Crippen LogP contribution >= 0.6 is 11.8 Å². The van der Waals surface area contributed by atoms with Gasteiger partial charge in [0.25, 0.3) is 0 Å². The molecule has 0 saturated carbocycles. The minimum atomic E-state index is -0.0820. The SMILES string of the molecule is CN1CCC(Sc2ccccc2F)CC1. The molecule has 0 N–H and O–H groups in total. The van der Waals surface area contributed by atoms with E-state index in [2.05, 4.69) is 11.9 Å². The molecule has 1 aromatic carbocycles. The second-order valence-electron chi connectivity index (χ2n) is 4.05. The van der Waals surface area contributed by atoms with E-state index in [1.165, 1.54) is 6.07 Å². The van der Waals surface area contributed by atoms with E-state index < -0.39 is 0 Å². The van der Waals surface area contributed by atoms with Gasteiger partial charge in [-0.3, -0.25) is 0 Å². The number of benzene rings is 1. The van der Waals surface area contributed by atoms with Crippen LogP contribution in [-0.4, -0.2) is 30.3 Å². The van der Waals surface area contributed by atoms with Crippen LogP contribution in [0.1, 0.15) is 12.8 Å². The molecular formula is C12H16FNS. The largest absolute Gasteiger partial charge is 0.306 e. The lowest BCUT2D eigenvalue weighted by atomic mass is 10.1. The first-order valence-corrected chi connectivity index (χ1v) is 6.23. The third kappa shape index (κ3) is 2.95. The van der Waals surface area contributed by atoms with Gasteiger partial charge in [-0.05, 0) is 45.1 Å². The van der Waals surface area contributed by atoms with Crippen molar-refractivity contribution in [1.82, 2.24) is 4.90 Å². The van der Waals surface area contributed by atoms with Gasteiger partial charge in [0.05, 0.1) is 0 Å². The first-order chi connectivity index (χ1) is 7.25. The molecule has 0 amide bonds. The van der Waals surface area contributed by atoms with Crippen molar-refractivity contribution in [2.75, 3.05) is 20.1 Å². The van der Waals surface area contributed by atoms with Gasteiger partial charge in [-0.2, -0.15) is 0 Å². The molecule has 1 fully saturated rings. The molecule has 1 saturated heterocycles. The van der Waals surface area contributed by atoms with Crippen molar-refractivity contribution in [3.63, 3.8) is 0 Å². The number of thioether (sulfide) groups is 1. The van der Waals surface area contributed by atoms with Crippen LogP contribution in [0.2, 0.25) is 0 Å². The van der Waals surface area contributed by atoms with E-state index in [4.69, 9.17) is 0 Å². The summed E-state index contributed by atoms with van der Waals surface area (Å²) >= 11 is 1.69. The second kappa shape index (κ2) is 4.99. The van der Waals surface area contributed by atoms with Crippen LogP contribution in [0.5, 0.6) is 0 Å². The number of hydrogen-bond acceptors (Lipinski definition) is 2. The summed E-state index contributed by atoms with van der Waals surface area (Å²) < 4.78 is 13.4. The molecule has 2 rings (SSSR count). The van der Waals surface area contributed by atoms with Crippen LogP contribution in [-0.2, 0) is 0 Å². The minimum Gasteiger partial charge on any atom is -0.306 e. The van der Waals surface area contributed by atoms with Crippen molar-refractivity contribution >= 4 is 11.8 Å². The standard InChI is InChI=1S/C12H16FNS/c1-14-8-6-10(7-9-14)15-12-5-3-2-4-11(12)13/h2-5,10H,6-9H2,1H3. The van der Waals surface area contributed by atoms with Crippen molar-refractivity contribution in [1.29, 1.82) is 0 Å². The Kier molecular flexibility index (Phi) is 3.65. The Bertz CT molecular complexity index is 321. The van der Waals surface area contributed by atoms with Gasteiger partial charge in [0.1, 0.15) is 5.82 Å². The van der Waals surface area contributed by atoms with Crippen molar-refractivity contribution < 1.29 is 4.39 Å². The van der Waals surface area contributed by atoms with Crippen molar-refractivity contribution in [2.24, 2.45) is 0 Å². The lowest BCUT2D eigenvalue weighted by Gasteiger charge is -2.28. The van der Waals surface area contributed by atoms with E-state index >= 15 is 0 Å². The number of nitrogens with zero attached hydrogens (tertiary/aromatic N) is 1. The van der Waals surface area contributed by atoms with E-state index in [0.717, 1.165) is 30.8 Å². The van der Waals surface area contributed by atoms with Crippen LogP contribution in [0.15, 0.2) is 29.2 Å². The molecule has 0 atom stereocenters. The van der Waals surface area contributed by atoms with Gasteiger partial charge in [0.15, 0.2) is 0 Å². The molecule has 1 aromatic rings. The van der Waals surface area contributed by atoms with Gasteiger partial charge in [-0.1, -0.05) is 12.1 Å². The molecule has 1 aliphatic heterocycles. The van der Waals surface area contributed by atoms with E-state index in [1.807, 2.05) is 12.1 Å². The maximum Gasteiger partial charge on any atom is 0.136 e. The highest BCUT2D eigenvalue weighted by Crippen LogP contribution is 2.31. The lowest BCUT2D eigenvalue weighted by molar-refractivity contribution is 0.282. The maximum absolute atomic E-state index is 13.4. The fourth-order valence-electron chi connectivity index (χ4n) is 1.82. The molecule has 15 heavy (non-hydrogen) atoms. The summed E-state index contributed by atoms with van der Waals surface area (Å²) in [4.78, 5) is 3.13. The second-order valence-corrected chi connectivity index (χ2v) is 5.39. The average molecular weight is 225 g/mol. The fourth-order valence-corrected chi connectivity index (χ4v) is 2.97. The Hall–Kier alpha value is -0.540. The van der Waals surface area contributed by atoms with Crippen molar-refractivity contribution in [3.05, 3.63) is 30.1 Å². The molecule has 0 spiro atoms. The molecular weight excluding hydrogens is 209 g/mol. The molecule has 0 radical (unpaired) electrons. The molecule has 0 bridgehead atoms. The highest BCUT2D eigenvalue weighted by Gasteiger charge is 2.18. The Morgan fingerprint density at radius 3 is 2.60 bits per heavy atom. The minimum absolute atomic E-state index is 0.0820. The van der Waals surface area contributed by atoms with Crippen LogP contribution in [0.25, 0.3) is 0 Å². The molecule has 1 nitrogen and oxygen atoms in total. The maximum atomic E-state index is 13.4. The van der Waals surface area contributed by atoms with Crippen molar-refractivity contribution in [3.8, 4) is 0 Å². The first-order valence-electron chi connectivity index (χ1n) is 5.35. The summed E-state index contributed by atoms with van der Waals surface area (Å²) in [5.74, 6) is -0.0820. The zero-order valence-corrected chi connectivity index (χ0v) is 9.77. The topological polar surface area (TPSA) is 3.24 Å². The Morgan fingerprint density at radius 2 is 1.93 bits per heavy atom. The van der Waals surface area contributed by atoms with Gasteiger partial charge in [0, 0.05) is 10.1 Å². The summed E-state index contributed by atoms with van der Waals surface area (Å²) in [6, 6.07) is 7.06. The van der Waals surface area contributed by atoms with Crippen LogP contribution in [0.3, 0.4) is 0 Å². The predicted octanol–water partition coefficient (Wildman–Crippen LogP) is 3.01. The van der Waals surface area contributed by atoms with E-state index in [1.54, 1.807) is 17.8 Å². The van der Waals surface area contributed by atoms with E-state index in [0.29, 0.717) is 5.25 Å². The molecule has 82 valence electrons. The Balaban J connectivity index is 1.95. The van der Waals surface area contributed by atoms with Crippen LogP contribution < -0.4 is 0 Å². The summed E-state index contributed by atoms with van der Waals surface area (Å²) in [6.45, 7) is 2.26. The summed E-state index contributed by atoms with van der Waals surface area (Å²) in [5, 5.41) is 0.582. The average Bonchev–Trinajstić information content (AvgIpc) is 2.25. The van der Waals surface area contributed by atoms with Crippen LogP contribution in [0, 0.1) is 5.82 Å². The lowest BCUT2D eigenvalue weighted by Crippen LogP contribution is -2.31. The number of halogens is 1. The zero-order chi connectivity index (χ0) is 10.7. The van der Waals surface area contributed by atoms with E-state index in [-0.39, 0.29) is 5.82 Å². The quantitative estimate of drug-likeness (QED) is 0.761. The number of piperidine rings is 1. The first kappa shape index (κ1) is 11.0. The summed E-state index contributed by atoms with van der Waals surface area (Å²) in [7, 11) is 2.14. The Labute approximate surface area is 94.7 Å². The van der Waals surface area contributed by atoms with Gasteiger partial charge in [0.2, 0.25) is 0 Å². The molecule has 3 heteroatoms. The fraction of sp³-hybridized carbons (Fsp3) is 0.500. The van der Waals surface area contributed by atoms with Gasteiger partial charge in [-0.15, -0.1) is 11.8 Å². The molecule has 0 unspecified atom stereocenters. The van der Waals surface area contributed by atoms with E-state index in [9.17, 15) is 4.39 Å².